The van der Waals surface area contributed by atoms with E-state index in [1.807, 2.05) is 48.7 Å². The van der Waals surface area contributed by atoms with Crippen molar-refractivity contribution in [3.8, 4) is 11.3 Å². The first-order valence-corrected chi connectivity index (χ1v) is 8.26. The van der Waals surface area contributed by atoms with Gasteiger partial charge in [-0.2, -0.15) is 0 Å². The zero-order valence-corrected chi connectivity index (χ0v) is 13.5. The fraction of sp³-hybridized carbons (Fsp3) is 0.0526. The fourth-order valence-electron chi connectivity index (χ4n) is 2.53. The summed E-state index contributed by atoms with van der Waals surface area (Å²) in [5.41, 5.74) is 5.37. The number of benzene rings is 2. The molecule has 0 saturated carbocycles. The molecule has 0 amide bonds. The molecule has 0 aliphatic rings. The number of para-hydroxylation sites is 2. The van der Waals surface area contributed by atoms with Crippen molar-refractivity contribution in [3.05, 3.63) is 72.4 Å². The number of aromatic amines is 1. The summed E-state index contributed by atoms with van der Waals surface area (Å²) in [5, 5.41) is 0.895. The third-order valence-corrected chi connectivity index (χ3v) is 4.62. The van der Waals surface area contributed by atoms with Gasteiger partial charge in [-0.1, -0.05) is 42.1 Å². The van der Waals surface area contributed by atoms with E-state index in [1.165, 1.54) is 5.56 Å². The summed E-state index contributed by atoms with van der Waals surface area (Å²) >= 11 is 1.63. The van der Waals surface area contributed by atoms with Crippen molar-refractivity contribution >= 4 is 22.8 Å². The number of aromatic nitrogens is 3. The molecule has 3 nitrogen and oxygen atoms in total. The lowest BCUT2D eigenvalue weighted by Gasteiger charge is -2.07. The maximum atomic E-state index is 4.65. The number of rotatable bonds is 3. The summed E-state index contributed by atoms with van der Waals surface area (Å²) in [6.07, 6.45) is 1.85. The van der Waals surface area contributed by atoms with Crippen LogP contribution in [0.3, 0.4) is 0 Å². The molecule has 0 atom stereocenters. The zero-order chi connectivity index (χ0) is 15.6. The highest BCUT2D eigenvalue weighted by Gasteiger charge is 2.10. The number of H-pyrrole nitrogens is 1. The van der Waals surface area contributed by atoms with E-state index in [2.05, 4.69) is 40.1 Å². The number of hydrogen-bond donors (Lipinski definition) is 1. The molecule has 2 aromatic carbocycles. The zero-order valence-electron chi connectivity index (χ0n) is 12.7. The summed E-state index contributed by atoms with van der Waals surface area (Å²) in [4.78, 5) is 13.7. The van der Waals surface area contributed by atoms with Crippen molar-refractivity contribution in [2.75, 3.05) is 0 Å². The second kappa shape index (κ2) is 5.89. The van der Waals surface area contributed by atoms with Gasteiger partial charge in [0, 0.05) is 16.7 Å². The number of nitrogens with one attached hydrogen (secondary N) is 1. The van der Waals surface area contributed by atoms with Gasteiger partial charge in [-0.15, -0.1) is 0 Å². The Balaban J connectivity index is 1.74. The lowest BCUT2D eigenvalue weighted by atomic mass is 10.1. The highest BCUT2D eigenvalue weighted by atomic mass is 32.2. The van der Waals surface area contributed by atoms with Crippen LogP contribution < -0.4 is 0 Å². The first-order valence-electron chi connectivity index (χ1n) is 7.44. The molecule has 0 unspecified atom stereocenters. The van der Waals surface area contributed by atoms with Crippen LogP contribution in [0.1, 0.15) is 5.56 Å². The predicted octanol–water partition coefficient (Wildman–Crippen LogP) is 5.08. The lowest BCUT2D eigenvalue weighted by Crippen LogP contribution is -1.87. The van der Waals surface area contributed by atoms with Gasteiger partial charge in [0.2, 0.25) is 0 Å². The number of aryl methyl sites for hydroxylation is 1. The van der Waals surface area contributed by atoms with E-state index in [4.69, 9.17) is 0 Å². The molecule has 1 N–H and O–H groups in total. The SMILES string of the molecule is Cc1ccnc(-c2ccccc2Sc2nc3ccccc3[nH]2)c1. The Hall–Kier alpha value is -2.59. The number of nitrogens with zero attached hydrogens (tertiary/aromatic N) is 2. The lowest BCUT2D eigenvalue weighted by molar-refractivity contribution is 1.08. The highest BCUT2D eigenvalue weighted by Crippen LogP contribution is 2.34. The number of imidazole rings is 1. The predicted molar refractivity (Wildman–Crippen MR) is 94.6 cm³/mol. The van der Waals surface area contributed by atoms with Crippen molar-refractivity contribution in [1.29, 1.82) is 0 Å². The molecule has 0 bridgehead atoms. The van der Waals surface area contributed by atoms with Crippen LogP contribution in [0.2, 0.25) is 0 Å². The van der Waals surface area contributed by atoms with Crippen LogP contribution >= 0.6 is 11.8 Å². The third-order valence-electron chi connectivity index (χ3n) is 3.65. The highest BCUT2D eigenvalue weighted by molar-refractivity contribution is 7.99. The second-order valence-electron chi connectivity index (χ2n) is 5.38. The van der Waals surface area contributed by atoms with Crippen LogP contribution in [0.5, 0.6) is 0 Å². The molecule has 23 heavy (non-hydrogen) atoms. The molecule has 0 aliphatic heterocycles. The Morgan fingerprint density at radius 1 is 0.957 bits per heavy atom. The Bertz CT molecular complexity index is 942. The molecule has 4 aromatic rings. The average Bonchev–Trinajstić information content (AvgIpc) is 2.97. The second-order valence-corrected chi connectivity index (χ2v) is 6.41. The van der Waals surface area contributed by atoms with E-state index in [1.54, 1.807) is 11.8 Å². The normalized spacial score (nSPS) is 11.0. The van der Waals surface area contributed by atoms with Gasteiger partial charge in [0.15, 0.2) is 5.16 Å². The molecule has 112 valence electrons. The molecule has 0 aliphatic carbocycles. The Kier molecular flexibility index (Phi) is 3.60. The quantitative estimate of drug-likeness (QED) is 0.572. The minimum atomic E-state index is 0.895. The van der Waals surface area contributed by atoms with Gasteiger partial charge < -0.3 is 4.98 Å². The number of hydrogen-bond acceptors (Lipinski definition) is 3. The molecule has 4 heteroatoms. The standard InChI is InChI=1S/C19H15N3S/c1-13-10-11-20-17(12-13)14-6-2-5-9-18(14)23-19-21-15-7-3-4-8-16(15)22-19/h2-12H,1H3,(H,21,22). The van der Waals surface area contributed by atoms with Gasteiger partial charge in [0.05, 0.1) is 16.7 Å². The average molecular weight is 317 g/mol. The van der Waals surface area contributed by atoms with E-state index >= 15 is 0 Å². The Morgan fingerprint density at radius 3 is 2.65 bits per heavy atom. The first kappa shape index (κ1) is 14.0. The van der Waals surface area contributed by atoms with Gasteiger partial charge in [-0.25, -0.2) is 4.98 Å². The van der Waals surface area contributed by atoms with Gasteiger partial charge in [0.25, 0.3) is 0 Å². The monoisotopic (exact) mass is 317 g/mol. The molecule has 0 fully saturated rings. The summed E-state index contributed by atoms with van der Waals surface area (Å²) in [5.74, 6) is 0. The minimum Gasteiger partial charge on any atom is -0.333 e. The van der Waals surface area contributed by atoms with Crippen LogP contribution in [-0.2, 0) is 0 Å². The van der Waals surface area contributed by atoms with Gasteiger partial charge in [-0.05, 0) is 42.8 Å². The largest absolute Gasteiger partial charge is 0.333 e. The Labute approximate surface area is 138 Å². The molecule has 4 rings (SSSR count). The van der Waals surface area contributed by atoms with Gasteiger partial charge in [-0.3, -0.25) is 4.98 Å². The van der Waals surface area contributed by atoms with E-state index < -0.39 is 0 Å². The molecule has 0 radical (unpaired) electrons. The molecular formula is C19H15N3S. The summed E-state index contributed by atoms with van der Waals surface area (Å²) < 4.78 is 0. The summed E-state index contributed by atoms with van der Waals surface area (Å²) in [7, 11) is 0. The van der Waals surface area contributed by atoms with Crippen LogP contribution in [0.25, 0.3) is 22.3 Å². The van der Waals surface area contributed by atoms with E-state index in [0.717, 1.165) is 32.3 Å². The minimum absolute atomic E-state index is 0.895. The first-order chi connectivity index (χ1) is 11.3. The Morgan fingerprint density at radius 2 is 1.78 bits per heavy atom. The molecule has 2 heterocycles. The fourth-order valence-corrected chi connectivity index (χ4v) is 3.48. The van der Waals surface area contributed by atoms with E-state index in [0.29, 0.717) is 0 Å². The molecule has 2 aromatic heterocycles. The van der Waals surface area contributed by atoms with Gasteiger partial charge >= 0.3 is 0 Å². The van der Waals surface area contributed by atoms with Gasteiger partial charge in [0.1, 0.15) is 0 Å². The van der Waals surface area contributed by atoms with Crippen LogP contribution in [-0.4, -0.2) is 15.0 Å². The van der Waals surface area contributed by atoms with Crippen molar-refractivity contribution in [3.63, 3.8) is 0 Å². The van der Waals surface area contributed by atoms with Crippen molar-refractivity contribution in [2.24, 2.45) is 0 Å². The van der Waals surface area contributed by atoms with Crippen LogP contribution in [0, 0.1) is 6.92 Å². The van der Waals surface area contributed by atoms with E-state index in [9.17, 15) is 0 Å². The van der Waals surface area contributed by atoms with Crippen LogP contribution in [0.4, 0.5) is 0 Å². The molecular weight excluding hydrogens is 302 g/mol. The molecule has 0 spiro atoms. The van der Waals surface area contributed by atoms with E-state index in [-0.39, 0.29) is 0 Å². The maximum absolute atomic E-state index is 4.65. The molecule has 0 saturated heterocycles. The van der Waals surface area contributed by atoms with Crippen molar-refractivity contribution < 1.29 is 0 Å². The number of pyridine rings is 1. The number of fused-ring (bicyclic) bond motifs is 1. The summed E-state index contributed by atoms with van der Waals surface area (Å²) in [6, 6.07) is 20.5. The third kappa shape index (κ3) is 2.85. The topological polar surface area (TPSA) is 41.6 Å². The van der Waals surface area contributed by atoms with Crippen molar-refractivity contribution in [1.82, 2.24) is 15.0 Å². The maximum Gasteiger partial charge on any atom is 0.171 e. The van der Waals surface area contributed by atoms with Crippen molar-refractivity contribution in [2.45, 2.75) is 17.0 Å². The van der Waals surface area contributed by atoms with Crippen LogP contribution in [0.15, 0.2) is 76.9 Å². The summed E-state index contributed by atoms with van der Waals surface area (Å²) in [6.45, 7) is 2.08. The smallest absolute Gasteiger partial charge is 0.171 e.